The molecule has 2 aliphatic rings. The van der Waals surface area contributed by atoms with E-state index >= 15 is 0 Å². The maximum Gasteiger partial charge on any atom is 0.373 e. The second kappa shape index (κ2) is 6.21. The lowest BCUT2D eigenvalue weighted by atomic mass is 10.2. The van der Waals surface area contributed by atoms with Crippen LogP contribution in [-0.2, 0) is 28.5 Å². The fourth-order valence-corrected chi connectivity index (χ4v) is 1.26. The molecule has 17 heavy (non-hydrogen) atoms. The number of methoxy groups -OCH3 is 2. The molecule has 7 nitrogen and oxygen atoms in total. The summed E-state index contributed by atoms with van der Waals surface area (Å²) in [5.74, 6) is -0.539. The van der Waals surface area contributed by atoms with E-state index in [1.807, 2.05) is 0 Å². The minimum atomic E-state index is -0.789. The Morgan fingerprint density at radius 1 is 1.35 bits per heavy atom. The molecule has 2 rings (SSSR count). The van der Waals surface area contributed by atoms with Gasteiger partial charge in [0.1, 0.15) is 19.3 Å². The fraction of sp³-hybridized carbons (Fsp3) is 0.600. The lowest BCUT2D eigenvalue weighted by Crippen LogP contribution is -2.28. The van der Waals surface area contributed by atoms with Gasteiger partial charge >= 0.3 is 11.9 Å². The van der Waals surface area contributed by atoms with Gasteiger partial charge in [0.05, 0.1) is 7.11 Å². The van der Waals surface area contributed by atoms with Crippen molar-refractivity contribution < 1.29 is 33.6 Å². The zero-order valence-electron chi connectivity index (χ0n) is 9.54. The highest BCUT2D eigenvalue weighted by molar-refractivity contribution is 5.88. The van der Waals surface area contributed by atoms with Crippen molar-refractivity contribution >= 4 is 11.9 Å². The Labute approximate surface area is 97.9 Å². The van der Waals surface area contributed by atoms with Crippen LogP contribution in [0.3, 0.4) is 0 Å². The maximum absolute atomic E-state index is 10.5. The smallest absolute Gasteiger partial charge is 0.373 e. The Bertz CT molecular complexity index is 323. The van der Waals surface area contributed by atoms with E-state index in [-0.39, 0.29) is 12.6 Å². The summed E-state index contributed by atoms with van der Waals surface area (Å²) in [5, 5.41) is 8.89. The third kappa shape index (κ3) is 3.43. The van der Waals surface area contributed by atoms with Gasteiger partial charge in [-0.15, -0.1) is 0 Å². The number of aliphatic hydroxyl groups excluding tert-OH is 1. The lowest BCUT2D eigenvalue weighted by Gasteiger charge is -2.04. The normalized spacial score (nSPS) is 26.6. The van der Waals surface area contributed by atoms with Crippen molar-refractivity contribution in [3.05, 3.63) is 11.8 Å². The first-order valence-corrected chi connectivity index (χ1v) is 4.89. The second-order valence-electron chi connectivity index (χ2n) is 3.22. The molecule has 0 aromatic rings. The first kappa shape index (κ1) is 13.5. The molecular formula is C10H14O7. The summed E-state index contributed by atoms with van der Waals surface area (Å²) in [6.07, 6.45) is 0.0370. The topological polar surface area (TPSA) is 91.3 Å². The van der Waals surface area contributed by atoms with E-state index < -0.39 is 18.2 Å². The van der Waals surface area contributed by atoms with Crippen molar-refractivity contribution in [3.63, 3.8) is 0 Å². The maximum atomic E-state index is 10.5. The molecule has 1 N–H and O–H groups in total. The van der Waals surface area contributed by atoms with Crippen LogP contribution in [0.15, 0.2) is 11.8 Å². The monoisotopic (exact) mass is 246 g/mol. The number of ether oxygens (including phenoxy) is 4. The molecule has 1 fully saturated rings. The average molecular weight is 246 g/mol. The van der Waals surface area contributed by atoms with Crippen molar-refractivity contribution in [2.24, 2.45) is 0 Å². The Balaban J connectivity index is 0.000000171. The third-order valence-corrected chi connectivity index (χ3v) is 2.14. The van der Waals surface area contributed by atoms with Gasteiger partial charge in [-0.05, 0) is 0 Å². The van der Waals surface area contributed by atoms with E-state index in [1.54, 1.807) is 6.08 Å². The van der Waals surface area contributed by atoms with Gasteiger partial charge in [0.2, 0.25) is 5.76 Å². The quantitative estimate of drug-likeness (QED) is 0.624. The average Bonchev–Trinajstić information content (AvgIpc) is 2.86. The number of hydrogen-bond donors (Lipinski definition) is 1. The summed E-state index contributed by atoms with van der Waals surface area (Å²) in [7, 11) is 2.80. The summed E-state index contributed by atoms with van der Waals surface area (Å²) in [5.41, 5.74) is 0. The van der Waals surface area contributed by atoms with Crippen LogP contribution < -0.4 is 0 Å². The van der Waals surface area contributed by atoms with Gasteiger partial charge in [0.25, 0.3) is 0 Å². The van der Waals surface area contributed by atoms with Gasteiger partial charge in [-0.3, -0.25) is 0 Å². The molecule has 0 amide bonds. The van der Waals surface area contributed by atoms with Crippen LogP contribution >= 0.6 is 0 Å². The molecule has 2 atom stereocenters. The molecule has 0 spiro atoms. The van der Waals surface area contributed by atoms with Gasteiger partial charge < -0.3 is 24.1 Å². The number of hydrogen-bond acceptors (Lipinski definition) is 7. The Morgan fingerprint density at radius 3 is 2.29 bits per heavy atom. The number of carbonyl (C=O) groups is 2. The number of carbonyl (C=O) groups excluding carboxylic acids is 2. The summed E-state index contributed by atoms with van der Waals surface area (Å²) < 4.78 is 18.2. The molecule has 0 aromatic heterocycles. The zero-order chi connectivity index (χ0) is 12.8. The summed E-state index contributed by atoms with van der Waals surface area (Å²) in [6.45, 7) is 0.402. The molecule has 0 aromatic carbocycles. The largest absolute Gasteiger partial charge is 0.490 e. The Kier molecular flexibility index (Phi) is 4.92. The first-order chi connectivity index (χ1) is 8.10. The van der Waals surface area contributed by atoms with Crippen LogP contribution in [0.5, 0.6) is 0 Å². The molecule has 0 radical (unpaired) electrons. The van der Waals surface area contributed by atoms with E-state index in [2.05, 4.69) is 18.9 Å². The molecule has 96 valence electrons. The van der Waals surface area contributed by atoms with Crippen molar-refractivity contribution in [3.8, 4) is 0 Å². The highest BCUT2D eigenvalue weighted by Gasteiger charge is 2.35. The number of rotatable bonds is 2. The van der Waals surface area contributed by atoms with Crippen LogP contribution in [0.25, 0.3) is 0 Å². The first-order valence-electron chi connectivity index (χ1n) is 4.89. The highest BCUT2D eigenvalue weighted by Crippen LogP contribution is 2.09. The van der Waals surface area contributed by atoms with Crippen LogP contribution in [0, 0.1) is 0 Å². The number of esters is 2. The predicted octanol–water partition coefficient (Wildman–Crippen LogP) is -1.01. The minimum absolute atomic E-state index is 0.0529. The molecule has 7 heteroatoms. The standard InChI is InChI=1S/C5H8O4.C5H6O3/c1-8-4-3(6)2-9-5(4)7;1-7-4-2-3-8-5(4)6/h3-4,6H,2H2,1H3;2H,3H2,1H3/t3-,4-;/m1./s1. The van der Waals surface area contributed by atoms with Gasteiger partial charge in [0.15, 0.2) is 6.10 Å². The van der Waals surface area contributed by atoms with Crippen LogP contribution in [0.2, 0.25) is 0 Å². The lowest BCUT2D eigenvalue weighted by molar-refractivity contribution is -0.146. The van der Waals surface area contributed by atoms with Gasteiger partial charge in [-0.25, -0.2) is 9.59 Å². The van der Waals surface area contributed by atoms with Gasteiger partial charge in [-0.1, -0.05) is 0 Å². The van der Waals surface area contributed by atoms with E-state index in [0.29, 0.717) is 12.4 Å². The zero-order valence-corrected chi connectivity index (χ0v) is 9.54. The molecular weight excluding hydrogens is 232 g/mol. The SMILES string of the molecule is COC1=CCOC1=O.CO[C@H]1C(=O)OC[C@H]1O. The van der Waals surface area contributed by atoms with Crippen LogP contribution in [0.1, 0.15) is 0 Å². The molecule has 2 aliphatic heterocycles. The van der Waals surface area contributed by atoms with E-state index in [9.17, 15) is 9.59 Å². The molecule has 0 bridgehead atoms. The van der Waals surface area contributed by atoms with E-state index in [4.69, 9.17) is 5.11 Å². The molecule has 0 aliphatic carbocycles. The Hall–Kier alpha value is -1.60. The van der Waals surface area contributed by atoms with E-state index in [1.165, 1.54) is 14.2 Å². The summed E-state index contributed by atoms with van der Waals surface area (Å²) in [6, 6.07) is 0. The van der Waals surface area contributed by atoms with Crippen molar-refractivity contribution in [2.75, 3.05) is 27.4 Å². The third-order valence-electron chi connectivity index (χ3n) is 2.14. The van der Waals surface area contributed by atoms with Crippen molar-refractivity contribution in [2.45, 2.75) is 12.2 Å². The number of aliphatic hydroxyl groups is 1. The molecule has 1 saturated heterocycles. The minimum Gasteiger partial charge on any atom is -0.490 e. The predicted molar refractivity (Wildman–Crippen MR) is 53.8 cm³/mol. The molecule has 0 unspecified atom stereocenters. The van der Waals surface area contributed by atoms with Gasteiger partial charge in [-0.2, -0.15) is 0 Å². The summed E-state index contributed by atoms with van der Waals surface area (Å²) >= 11 is 0. The van der Waals surface area contributed by atoms with E-state index in [0.717, 1.165) is 0 Å². The Morgan fingerprint density at radius 2 is 2.06 bits per heavy atom. The molecule has 2 heterocycles. The second-order valence-corrected chi connectivity index (χ2v) is 3.22. The fourth-order valence-electron chi connectivity index (χ4n) is 1.26. The molecule has 0 saturated carbocycles. The van der Waals surface area contributed by atoms with Crippen LogP contribution in [-0.4, -0.2) is 56.7 Å². The van der Waals surface area contributed by atoms with Gasteiger partial charge in [0, 0.05) is 13.2 Å². The van der Waals surface area contributed by atoms with Crippen molar-refractivity contribution in [1.82, 2.24) is 0 Å². The van der Waals surface area contributed by atoms with Crippen molar-refractivity contribution in [1.29, 1.82) is 0 Å². The number of cyclic esters (lactones) is 2. The highest BCUT2D eigenvalue weighted by atomic mass is 16.6. The summed E-state index contributed by atoms with van der Waals surface area (Å²) in [4.78, 5) is 20.9. The van der Waals surface area contributed by atoms with Crippen LogP contribution in [0.4, 0.5) is 0 Å².